The molecule has 8 nitrogen and oxygen atoms in total. The van der Waals surface area contributed by atoms with E-state index in [1.54, 1.807) is 42.9 Å². The molecule has 38 heavy (non-hydrogen) atoms. The number of carbonyl (C=O) groups excluding carboxylic acids is 2. The molecule has 198 valence electrons. The monoisotopic (exact) mass is 516 g/mol. The molecule has 0 spiro atoms. The lowest BCUT2D eigenvalue weighted by molar-refractivity contribution is 0.0691. The lowest BCUT2D eigenvalue weighted by atomic mass is 10.1. The fraction of sp³-hybridized carbons (Fsp3) is 0.379. The number of piperazine rings is 1. The number of benzene rings is 1. The molecule has 1 N–H and O–H groups in total. The van der Waals surface area contributed by atoms with Crippen LogP contribution >= 0.6 is 0 Å². The smallest absolute Gasteiger partial charge is 0.255 e. The van der Waals surface area contributed by atoms with Crippen molar-refractivity contribution in [2.45, 2.75) is 45.3 Å². The van der Waals surface area contributed by atoms with Gasteiger partial charge < -0.3 is 20.0 Å². The molecule has 2 fully saturated rings. The highest BCUT2D eigenvalue weighted by Crippen LogP contribution is 2.26. The second-order valence-electron chi connectivity index (χ2n) is 10.1. The zero-order valence-electron chi connectivity index (χ0n) is 21.8. The van der Waals surface area contributed by atoms with Crippen molar-refractivity contribution in [3.05, 3.63) is 83.6 Å². The summed E-state index contributed by atoms with van der Waals surface area (Å²) in [6.45, 7) is 7.07. The van der Waals surface area contributed by atoms with E-state index in [9.17, 15) is 14.0 Å². The Morgan fingerprint density at radius 2 is 1.61 bits per heavy atom. The fourth-order valence-electron chi connectivity index (χ4n) is 5.28. The van der Waals surface area contributed by atoms with Crippen LogP contribution in [0.5, 0.6) is 0 Å². The quantitative estimate of drug-likeness (QED) is 0.529. The molecular weight excluding hydrogens is 483 g/mol. The molecule has 2 amide bonds. The third-order valence-corrected chi connectivity index (χ3v) is 7.55. The standard InChI is InChI=1S/C29H33FN6O2/c1-20-3-4-21(2)36(20)29(38)22-5-6-23(26(30)17-22)18-32-27-8-7-24(19-33-27)28(37)35-15-13-34(14-16-35)25-9-11-31-12-10-25/h5-12,17,19-21H,3-4,13-16,18H2,1-2H3,(H,32,33). The molecule has 0 bridgehead atoms. The highest BCUT2D eigenvalue weighted by atomic mass is 19.1. The number of halogens is 1. The minimum atomic E-state index is -0.430. The zero-order valence-corrected chi connectivity index (χ0v) is 21.8. The molecular formula is C29H33FN6O2. The molecule has 9 heteroatoms. The maximum Gasteiger partial charge on any atom is 0.255 e. The predicted octanol–water partition coefficient (Wildman–Crippen LogP) is 4.20. The van der Waals surface area contributed by atoms with Gasteiger partial charge in [-0.25, -0.2) is 9.37 Å². The number of aromatic nitrogens is 2. The van der Waals surface area contributed by atoms with Crippen molar-refractivity contribution in [3.63, 3.8) is 0 Å². The van der Waals surface area contributed by atoms with Gasteiger partial charge in [-0.1, -0.05) is 6.07 Å². The van der Waals surface area contributed by atoms with Gasteiger partial charge in [0.05, 0.1) is 5.56 Å². The predicted molar refractivity (Wildman–Crippen MR) is 145 cm³/mol. The summed E-state index contributed by atoms with van der Waals surface area (Å²) in [7, 11) is 0. The van der Waals surface area contributed by atoms with E-state index in [0.717, 1.165) is 31.6 Å². The number of hydrogen-bond acceptors (Lipinski definition) is 6. The molecule has 2 saturated heterocycles. The van der Waals surface area contributed by atoms with Crippen LogP contribution in [0.2, 0.25) is 0 Å². The molecule has 2 aromatic heterocycles. The topological polar surface area (TPSA) is 81.7 Å². The first-order valence-electron chi connectivity index (χ1n) is 13.2. The van der Waals surface area contributed by atoms with Crippen molar-refractivity contribution < 1.29 is 14.0 Å². The van der Waals surface area contributed by atoms with Crippen LogP contribution < -0.4 is 10.2 Å². The van der Waals surface area contributed by atoms with Crippen LogP contribution in [-0.4, -0.2) is 69.8 Å². The summed E-state index contributed by atoms with van der Waals surface area (Å²) in [5, 5.41) is 3.11. The minimum Gasteiger partial charge on any atom is -0.368 e. The molecule has 2 atom stereocenters. The second kappa shape index (κ2) is 11.2. The third kappa shape index (κ3) is 5.46. The number of carbonyl (C=O) groups is 2. The van der Waals surface area contributed by atoms with Crippen LogP contribution in [0.4, 0.5) is 15.9 Å². The van der Waals surface area contributed by atoms with Gasteiger partial charge in [0.15, 0.2) is 0 Å². The van der Waals surface area contributed by atoms with Gasteiger partial charge in [-0.15, -0.1) is 0 Å². The van der Waals surface area contributed by atoms with E-state index >= 15 is 0 Å². The van der Waals surface area contributed by atoms with Gasteiger partial charge in [-0.05, 0) is 63.1 Å². The first-order valence-corrected chi connectivity index (χ1v) is 13.2. The van der Waals surface area contributed by atoms with Crippen LogP contribution in [0.25, 0.3) is 0 Å². The minimum absolute atomic E-state index is 0.0497. The second-order valence-corrected chi connectivity index (χ2v) is 10.1. The normalized spacial score (nSPS) is 19.5. The summed E-state index contributed by atoms with van der Waals surface area (Å²) < 4.78 is 14.8. The van der Waals surface area contributed by atoms with E-state index in [4.69, 9.17) is 0 Å². The lowest BCUT2D eigenvalue weighted by Gasteiger charge is -2.36. The van der Waals surface area contributed by atoms with Crippen molar-refractivity contribution in [1.29, 1.82) is 0 Å². The largest absolute Gasteiger partial charge is 0.368 e. The molecule has 2 unspecified atom stereocenters. The van der Waals surface area contributed by atoms with E-state index in [-0.39, 0.29) is 30.4 Å². The van der Waals surface area contributed by atoms with Crippen LogP contribution in [0.3, 0.4) is 0 Å². The zero-order chi connectivity index (χ0) is 26.6. The number of nitrogens with one attached hydrogen (secondary N) is 1. The van der Waals surface area contributed by atoms with Gasteiger partial charge in [0, 0.05) is 80.2 Å². The first-order chi connectivity index (χ1) is 18.4. The maximum atomic E-state index is 14.8. The van der Waals surface area contributed by atoms with Crippen molar-refractivity contribution in [2.24, 2.45) is 0 Å². The Hall–Kier alpha value is -4.01. The van der Waals surface area contributed by atoms with E-state index < -0.39 is 5.82 Å². The van der Waals surface area contributed by atoms with E-state index in [0.29, 0.717) is 35.6 Å². The van der Waals surface area contributed by atoms with Crippen molar-refractivity contribution in [3.8, 4) is 0 Å². The summed E-state index contributed by atoms with van der Waals surface area (Å²) >= 11 is 0. The van der Waals surface area contributed by atoms with Crippen molar-refractivity contribution in [2.75, 3.05) is 36.4 Å². The molecule has 1 aromatic carbocycles. The van der Waals surface area contributed by atoms with E-state index in [1.807, 2.05) is 35.8 Å². The van der Waals surface area contributed by atoms with Gasteiger partial charge in [0.1, 0.15) is 11.6 Å². The van der Waals surface area contributed by atoms with Crippen LogP contribution in [0.15, 0.2) is 61.1 Å². The van der Waals surface area contributed by atoms with Gasteiger partial charge in [-0.2, -0.15) is 0 Å². The summed E-state index contributed by atoms with van der Waals surface area (Å²) in [6, 6.07) is 12.4. The number of hydrogen-bond donors (Lipinski definition) is 1. The Bertz CT molecular complexity index is 1270. The Balaban J connectivity index is 1.14. The Morgan fingerprint density at radius 3 is 2.24 bits per heavy atom. The average Bonchev–Trinajstić information content (AvgIpc) is 3.29. The van der Waals surface area contributed by atoms with Gasteiger partial charge in [-0.3, -0.25) is 14.6 Å². The van der Waals surface area contributed by atoms with Crippen molar-refractivity contribution in [1.82, 2.24) is 19.8 Å². The highest BCUT2D eigenvalue weighted by Gasteiger charge is 2.32. The SMILES string of the molecule is CC1CCC(C)N1C(=O)c1ccc(CNc2ccc(C(=O)N3CCN(c4ccncc4)CC3)cn2)c(F)c1. The number of amides is 2. The molecule has 0 aliphatic carbocycles. The Morgan fingerprint density at radius 1 is 0.921 bits per heavy atom. The fourth-order valence-corrected chi connectivity index (χ4v) is 5.28. The molecule has 4 heterocycles. The van der Waals surface area contributed by atoms with Crippen LogP contribution in [0.1, 0.15) is 53.0 Å². The number of anilines is 2. The lowest BCUT2D eigenvalue weighted by Crippen LogP contribution is -2.48. The molecule has 0 radical (unpaired) electrons. The van der Waals surface area contributed by atoms with Crippen LogP contribution in [-0.2, 0) is 6.54 Å². The Labute approximate surface area is 222 Å². The van der Waals surface area contributed by atoms with E-state index in [2.05, 4.69) is 20.2 Å². The molecule has 5 rings (SSSR count). The first kappa shape index (κ1) is 25.6. The van der Waals surface area contributed by atoms with Gasteiger partial charge in [0.2, 0.25) is 0 Å². The average molecular weight is 517 g/mol. The van der Waals surface area contributed by atoms with Gasteiger partial charge >= 0.3 is 0 Å². The number of likely N-dealkylation sites (tertiary alicyclic amines) is 1. The highest BCUT2D eigenvalue weighted by molar-refractivity contribution is 5.95. The van der Waals surface area contributed by atoms with E-state index in [1.165, 1.54) is 6.07 Å². The molecule has 2 aliphatic heterocycles. The summed E-state index contributed by atoms with van der Waals surface area (Å²) in [4.78, 5) is 40.2. The number of pyridine rings is 2. The number of rotatable bonds is 6. The molecule has 2 aliphatic rings. The molecule has 3 aromatic rings. The summed E-state index contributed by atoms with van der Waals surface area (Å²) in [6.07, 6.45) is 7.04. The number of nitrogens with zero attached hydrogens (tertiary/aromatic N) is 5. The maximum absolute atomic E-state index is 14.8. The Kier molecular flexibility index (Phi) is 7.53. The van der Waals surface area contributed by atoms with Crippen molar-refractivity contribution >= 4 is 23.3 Å². The van der Waals surface area contributed by atoms with Gasteiger partial charge in [0.25, 0.3) is 11.8 Å². The third-order valence-electron chi connectivity index (χ3n) is 7.55. The summed E-state index contributed by atoms with van der Waals surface area (Å²) in [5.74, 6) is -0.0585. The summed E-state index contributed by atoms with van der Waals surface area (Å²) in [5.41, 5.74) is 2.44. The molecule has 0 saturated carbocycles. The van der Waals surface area contributed by atoms with Crippen LogP contribution in [0, 0.1) is 5.82 Å².